The van der Waals surface area contributed by atoms with Crippen molar-refractivity contribution < 1.29 is 4.74 Å². The molecule has 0 bridgehead atoms. The van der Waals surface area contributed by atoms with Crippen molar-refractivity contribution >= 4 is 11.3 Å². The van der Waals surface area contributed by atoms with Gasteiger partial charge in [-0.05, 0) is 6.92 Å². The van der Waals surface area contributed by atoms with Crippen LogP contribution in [0.3, 0.4) is 0 Å². The maximum atomic E-state index is 5.42. The molecule has 1 N–H and O–H groups in total. The average molecular weight is 284 g/mol. The molecule has 0 spiro atoms. The van der Waals surface area contributed by atoms with Crippen LogP contribution in [0.2, 0.25) is 0 Å². The number of ether oxygens (including phenoxy) is 1. The zero-order valence-corrected chi connectivity index (χ0v) is 14.0. The van der Waals surface area contributed by atoms with Crippen LogP contribution in [-0.4, -0.2) is 24.2 Å². The molecule has 1 aromatic heterocycles. The lowest BCUT2D eigenvalue weighted by atomic mass is 9.91. The van der Waals surface area contributed by atoms with Crippen LogP contribution in [0.1, 0.15) is 57.1 Å². The van der Waals surface area contributed by atoms with E-state index in [2.05, 4.69) is 39.9 Å². The van der Waals surface area contributed by atoms with E-state index in [9.17, 15) is 0 Å². The molecule has 110 valence electrons. The Morgan fingerprint density at radius 1 is 1.32 bits per heavy atom. The Bertz CT molecular complexity index is 380. The molecule has 1 heterocycles. The van der Waals surface area contributed by atoms with Crippen molar-refractivity contribution in [2.24, 2.45) is 0 Å². The first-order valence-electron chi connectivity index (χ1n) is 7.14. The molecule has 3 nitrogen and oxygen atoms in total. The maximum absolute atomic E-state index is 5.42. The Morgan fingerprint density at radius 3 is 2.53 bits per heavy atom. The van der Waals surface area contributed by atoms with Gasteiger partial charge >= 0.3 is 0 Å². The van der Waals surface area contributed by atoms with Gasteiger partial charge in [0.15, 0.2) is 0 Å². The fraction of sp³-hybridized carbons (Fsp3) is 0.800. The molecule has 0 radical (unpaired) electrons. The van der Waals surface area contributed by atoms with Gasteiger partial charge in [-0.1, -0.05) is 34.6 Å². The van der Waals surface area contributed by atoms with Gasteiger partial charge in [0.25, 0.3) is 0 Å². The van der Waals surface area contributed by atoms with Crippen LogP contribution < -0.4 is 5.32 Å². The molecule has 0 saturated carbocycles. The first-order chi connectivity index (χ1) is 8.84. The molecule has 0 aromatic carbocycles. The van der Waals surface area contributed by atoms with Gasteiger partial charge < -0.3 is 10.1 Å². The molecule has 0 aliphatic rings. The standard InChI is InChI=1S/C15H28N2OS/c1-7-18-9-8-13-17-14(15(4,5)6)12(19-13)10-16-11(2)3/h11,16H,7-10H2,1-6H3. The van der Waals surface area contributed by atoms with Crippen molar-refractivity contribution in [3.05, 3.63) is 15.6 Å². The van der Waals surface area contributed by atoms with E-state index in [1.165, 1.54) is 15.6 Å². The molecule has 4 heteroatoms. The molecule has 0 aliphatic carbocycles. The predicted octanol–water partition coefficient (Wildman–Crippen LogP) is 3.52. The van der Waals surface area contributed by atoms with Crippen LogP contribution in [0, 0.1) is 0 Å². The summed E-state index contributed by atoms with van der Waals surface area (Å²) in [7, 11) is 0. The maximum Gasteiger partial charge on any atom is 0.0954 e. The van der Waals surface area contributed by atoms with E-state index in [0.717, 1.165) is 26.2 Å². The quantitative estimate of drug-likeness (QED) is 0.778. The topological polar surface area (TPSA) is 34.1 Å². The van der Waals surface area contributed by atoms with Crippen molar-refractivity contribution in [2.75, 3.05) is 13.2 Å². The molecule has 0 fully saturated rings. The molecular weight excluding hydrogens is 256 g/mol. The highest BCUT2D eigenvalue weighted by atomic mass is 32.1. The summed E-state index contributed by atoms with van der Waals surface area (Å²) in [6.45, 7) is 15.5. The third-order valence-corrected chi connectivity index (χ3v) is 3.90. The molecule has 1 aromatic rings. The van der Waals surface area contributed by atoms with Crippen molar-refractivity contribution in [2.45, 2.75) is 66.0 Å². The van der Waals surface area contributed by atoms with Crippen LogP contribution in [0.4, 0.5) is 0 Å². The molecular formula is C15H28N2OS. The van der Waals surface area contributed by atoms with Gasteiger partial charge in [0.05, 0.1) is 17.3 Å². The third kappa shape index (κ3) is 5.59. The predicted molar refractivity (Wildman–Crippen MR) is 83.0 cm³/mol. The van der Waals surface area contributed by atoms with E-state index in [-0.39, 0.29) is 5.41 Å². The second-order valence-corrected chi connectivity index (χ2v) is 7.28. The summed E-state index contributed by atoms with van der Waals surface area (Å²) in [5, 5.41) is 4.69. The summed E-state index contributed by atoms with van der Waals surface area (Å²) in [6.07, 6.45) is 0.920. The smallest absolute Gasteiger partial charge is 0.0954 e. The summed E-state index contributed by atoms with van der Waals surface area (Å²) >= 11 is 1.83. The Balaban J connectivity index is 2.80. The fourth-order valence-corrected chi connectivity index (χ4v) is 3.02. The zero-order chi connectivity index (χ0) is 14.5. The minimum atomic E-state index is 0.106. The first kappa shape index (κ1) is 16.6. The molecule has 19 heavy (non-hydrogen) atoms. The minimum Gasteiger partial charge on any atom is -0.381 e. The van der Waals surface area contributed by atoms with E-state index >= 15 is 0 Å². The molecule has 1 rings (SSSR count). The minimum absolute atomic E-state index is 0.106. The lowest BCUT2D eigenvalue weighted by molar-refractivity contribution is 0.151. The van der Waals surface area contributed by atoms with Gasteiger partial charge in [-0.15, -0.1) is 11.3 Å². The molecule has 0 atom stereocenters. The number of thiazole rings is 1. The van der Waals surface area contributed by atoms with Crippen LogP contribution in [0.15, 0.2) is 0 Å². The fourth-order valence-electron chi connectivity index (χ4n) is 1.81. The highest BCUT2D eigenvalue weighted by Crippen LogP contribution is 2.30. The first-order valence-corrected chi connectivity index (χ1v) is 7.96. The summed E-state index contributed by atoms with van der Waals surface area (Å²) in [4.78, 5) is 6.20. The van der Waals surface area contributed by atoms with Gasteiger partial charge in [0.1, 0.15) is 0 Å². The SMILES string of the molecule is CCOCCc1nc(C(C)(C)C)c(CNC(C)C)s1. The number of rotatable bonds is 7. The Morgan fingerprint density at radius 2 is 2.00 bits per heavy atom. The Hall–Kier alpha value is -0.450. The van der Waals surface area contributed by atoms with Gasteiger partial charge in [-0.3, -0.25) is 0 Å². The number of nitrogens with one attached hydrogen (secondary N) is 1. The summed E-state index contributed by atoms with van der Waals surface area (Å²) < 4.78 is 5.42. The largest absolute Gasteiger partial charge is 0.381 e. The van der Waals surface area contributed by atoms with E-state index in [0.29, 0.717) is 6.04 Å². The number of hydrogen-bond acceptors (Lipinski definition) is 4. The average Bonchev–Trinajstić information content (AvgIpc) is 2.70. The molecule has 0 aliphatic heterocycles. The Labute approximate surface area is 121 Å². The monoisotopic (exact) mass is 284 g/mol. The second kappa shape index (κ2) is 7.36. The van der Waals surface area contributed by atoms with Gasteiger partial charge in [0.2, 0.25) is 0 Å². The number of aromatic nitrogens is 1. The van der Waals surface area contributed by atoms with Crippen molar-refractivity contribution in [1.29, 1.82) is 0 Å². The van der Waals surface area contributed by atoms with E-state index < -0.39 is 0 Å². The lowest BCUT2D eigenvalue weighted by Gasteiger charge is -2.18. The van der Waals surface area contributed by atoms with E-state index in [4.69, 9.17) is 9.72 Å². The highest BCUT2D eigenvalue weighted by molar-refractivity contribution is 7.11. The van der Waals surface area contributed by atoms with E-state index in [1.54, 1.807) is 0 Å². The molecule has 0 saturated heterocycles. The number of hydrogen-bond donors (Lipinski definition) is 1. The van der Waals surface area contributed by atoms with Crippen LogP contribution in [-0.2, 0) is 23.1 Å². The lowest BCUT2D eigenvalue weighted by Crippen LogP contribution is -2.23. The number of nitrogens with zero attached hydrogens (tertiary/aromatic N) is 1. The summed E-state index contributed by atoms with van der Waals surface area (Å²) in [5.41, 5.74) is 1.34. The highest BCUT2D eigenvalue weighted by Gasteiger charge is 2.23. The van der Waals surface area contributed by atoms with Crippen LogP contribution in [0.25, 0.3) is 0 Å². The Kier molecular flexibility index (Phi) is 6.43. The molecule has 0 unspecified atom stereocenters. The van der Waals surface area contributed by atoms with Crippen molar-refractivity contribution in [3.8, 4) is 0 Å². The van der Waals surface area contributed by atoms with Crippen LogP contribution in [0.5, 0.6) is 0 Å². The van der Waals surface area contributed by atoms with Crippen molar-refractivity contribution in [1.82, 2.24) is 10.3 Å². The summed E-state index contributed by atoms with van der Waals surface area (Å²) in [5.74, 6) is 0. The molecule has 0 amide bonds. The third-order valence-electron chi connectivity index (χ3n) is 2.79. The normalized spacial score (nSPS) is 12.4. The summed E-state index contributed by atoms with van der Waals surface area (Å²) in [6, 6.07) is 0.502. The zero-order valence-electron chi connectivity index (χ0n) is 13.2. The van der Waals surface area contributed by atoms with E-state index in [1.807, 2.05) is 18.3 Å². The van der Waals surface area contributed by atoms with Gasteiger partial charge in [0, 0.05) is 35.9 Å². The van der Waals surface area contributed by atoms with Crippen LogP contribution >= 0.6 is 11.3 Å². The van der Waals surface area contributed by atoms with Crippen molar-refractivity contribution in [3.63, 3.8) is 0 Å². The van der Waals surface area contributed by atoms with Gasteiger partial charge in [-0.25, -0.2) is 4.98 Å². The second-order valence-electron chi connectivity index (χ2n) is 6.11. The van der Waals surface area contributed by atoms with Gasteiger partial charge in [-0.2, -0.15) is 0 Å².